The molecule has 7 nitrogen and oxygen atoms in total. The number of carbonyl (C=O) groups excluding carboxylic acids is 1. The summed E-state index contributed by atoms with van der Waals surface area (Å²) in [5, 5.41) is 6.99. The highest BCUT2D eigenvalue weighted by Crippen LogP contribution is 2.23. The molecule has 1 aromatic carbocycles. The molecule has 1 aromatic heterocycles. The molecule has 1 fully saturated rings. The molecule has 0 bridgehead atoms. The van der Waals surface area contributed by atoms with E-state index in [1.54, 1.807) is 14.0 Å². The molecule has 1 saturated heterocycles. The largest absolute Gasteiger partial charge is 0.497 e. The van der Waals surface area contributed by atoms with Crippen molar-refractivity contribution < 1.29 is 14.1 Å². The smallest absolute Gasteiger partial charge is 0.241 e. The van der Waals surface area contributed by atoms with E-state index in [-0.39, 0.29) is 5.91 Å². The first-order valence-corrected chi connectivity index (χ1v) is 9.11. The molecule has 0 aliphatic carbocycles. The number of methoxy groups -OCH3 is 1. The molecule has 2 aromatic rings. The van der Waals surface area contributed by atoms with Crippen LogP contribution in [-0.2, 0) is 11.3 Å². The summed E-state index contributed by atoms with van der Waals surface area (Å²) in [4.78, 5) is 18.0. The Bertz CT molecular complexity index is 714. The Morgan fingerprint density at radius 3 is 2.88 bits per heavy atom. The number of rotatable bonds is 7. The first-order chi connectivity index (χ1) is 12.7. The van der Waals surface area contributed by atoms with Gasteiger partial charge < -0.3 is 14.6 Å². The van der Waals surface area contributed by atoms with Crippen LogP contribution in [-0.4, -0.2) is 47.2 Å². The molecule has 2 heterocycles. The molecular weight excluding hydrogens is 332 g/mol. The van der Waals surface area contributed by atoms with E-state index in [4.69, 9.17) is 9.26 Å². The molecule has 0 radical (unpaired) electrons. The molecule has 1 aliphatic heterocycles. The molecule has 140 valence electrons. The molecule has 0 saturated carbocycles. The van der Waals surface area contributed by atoms with Gasteiger partial charge in [0.2, 0.25) is 17.6 Å². The van der Waals surface area contributed by atoms with Crippen molar-refractivity contribution in [1.29, 1.82) is 0 Å². The number of aromatic nitrogens is 2. The lowest BCUT2D eigenvalue weighted by atomic mass is 9.99. The number of piperidine rings is 1. The van der Waals surface area contributed by atoms with Crippen molar-refractivity contribution in [2.24, 2.45) is 0 Å². The predicted octanol–water partition coefficient (Wildman–Crippen LogP) is 2.63. The summed E-state index contributed by atoms with van der Waals surface area (Å²) in [7, 11) is 1.64. The van der Waals surface area contributed by atoms with Crippen molar-refractivity contribution in [3.63, 3.8) is 0 Å². The van der Waals surface area contributed by atoms with Gasteiger partial charge >= 0.3 is 0 Å². The van der Waals surface area contributed by atoms with Crippen LogP contribution in [0, 0.1) is 0 Å². The molecule has 0 spiro atoms. The third-order valence-corrected chi connectivity index (χ3v) is 4.76. The Balaban J connectivity index is 1.61. The zero-order valence-electron chi connectivity index (χ0n) is 15.4. The Morgan fingerprint density at radius 2 is 2.15 bits per heavy atom. The van der Waals surface area contributed by atoms with E-state index in [0.717, 1.165) is 30.7 Å². The molecule has 7 heteroatoms. The quantitative estimate of drug-likeness (QED) is 0.819. The summed E-state index contributed by atoms with van der Waals surface area (Å²) in [5.74, 6) is 2.04. The van der Waals surface area contributed by atoms with Crippen molar-refractivity contribution in [2.45, 2.75) is 45.2 Å². The number of carbonyl (C=O) groups is 1. The molecule has 26 heavy (non-hydrogen) atoms. The summed E-state index contributed by atoms with van der Waals surface area (Å²) >= 11 is 0. The van der Waals surface area contributed by atoms with E-state index >= 15 is 0 Å². The van der Waals surface area contributed by atoms with E-state index < -0.39 is 0 Å². The van der Waals surface area contributed by atoms with E-state index in [1.807, 2.05) is 24.3 Å². The third kappa shape index (κ3) is 4.82. The SMILES string of the molecule is COc1ccc(-c2noc(CN3CCCC[C@@H]3CCNC(C)=O)n2)cc1. The highest BCUT2D eigenvalue weighted by molar-refractivity contribution is 5.72. The molecule has 1 amide bonds. The lowest BCUT2D eigenvalue weighted by Crippen LogP contribution is -2.41. The Morgan fingerprint density at radius 1 is 1.35 bits per heavy atom. The summed E-state index contributed by atoms with van der Waals surface area (Å²) in [6, 6.07) is 8.05. The van der Waals surface area contributed by atoms with Gasteiger partial charge in [0.1, 0.15) is 5.75 Å². The molecule has 1 aliphatic rings. The van der Waals surface area contributed by atoms with Gasteiger partial charge in [-0.1, -0.05) is 11.6 Å². The maximum atomic E-state index is 11.1. The number of likely N-dealkylation sites (tertiary alicyclic amines) is 1. The zero-order chi connectivity index (χ0) is 18.4. The number of hydrogen-bond acceptors (Lipinski definition) is 6. The van der Waals surface area contributed by atoms with Gasteiger partial charge in [0, 0.05) is 25.1 Å². The van der Waals surface area contributed by atoms with Crippen LogP contribution in [0.25, 0.3) is 11.4 Å². The summed E-state index contributed by atoms with van der Waals surface area (Å²) < 4.78 is 10.6. The second-order valence-corrected chi connectivity index (χ2v) is 6.63. The number of nitrogens with one attached hydrogen (secondary N) is 1. The fourth-order valence-corrected chi connectivity index (χ4v) is 3.36. The topological polar surface area (TPSA) is 80.5 Å². The standard InChI is InChI=1S/C19H26N4O3/c1-14(24)20-11-10-16-5-3-4-12-23(16)13-18-21-19(22-26-18)15-6-8-17(25-2)9-7-15/h6-9,16H,3-5,10-13H2,1-2H3,(H,20,24)/t16-/m1/s1. The molecular formula is C19H26N4O3. The second-order valence-electron chi connectivity index (χ2n) is 6.63. The highest BCUT2D eigenvalue weighted by atomic mass is 16.5. The van der Waals surface area contributed by atoms with Crippen LogP contribution in [0.4, 0.5) is 0 Å². The van der Waals surface area contributed by atoms with Gasteiger partial charge in [-0.2, -0.15) is 4.98 Å². The van der Waals surface area contributed by atoms with E-state index in [1.165, 1.54) is 12.8 Å². The van der Waals surface area contributed by atoms with Gasteiger partial charge in [-0.25, -0.2) is 0 Å². The number of nitrogens with zero attached hydrogens (tertiary/aromatic N) is 3. The fraction of sp³-hybridized carbons (Fsp3) is 0.526. The number of hydrogen-bond donors (Lipinski definition) is 1. The van der Waals surface area contributed by atoms with Gasteiger partial charge in [0.05, 0.1) is 13.7 Å². The van der Waals surface area contributed by atoms with E-state index in [2.05, 4.69) is 20.4 Å². The molecule has 0 unspecified atom stereocenters. The maximum absolute atomic E-state index is 11.1. The van der Waals surface area contributed by atoms with Crippen LogP contribution in [0.2, 0.25) is 0 Å². The average Bonchev–Trinajstić information content (AvgIpc) is 3.11. The van der Waals surface area contributed by atoms with Crippen molar-refractivity contribution >= 4 is 5.91 Å². The first-order valence-electron chi connectivity index (χ1n) is 9.11. The van der Waals surface area contributed by atoms with Crippen LogP contribution in [0.1, 0.15) is 38.5 Å². The molecule has 1 N–H and O–H groups in total. The lowest BCUT2D eigenvalue weighted by Gasteiger charge is -2.34. The Labute approximate surface area is 153 Å². The van der Waals surface area contributed by atoms with Crippen molar-refractivity contribution in [2.75, 3.05) is 20.2 Å². The van der Waals surface area contributed by atoms with Crippen LogP contribution in [0.5, 0.6) is 5.75 Å². The van der Waals surface area contributed by atoms with Gasteiger partial charge in [0.15, 0.2) is 0 Å². The minimum absolute atomic E-state index is 0.0217. The number of amides is 1. The van der Waals surface area contributed by atoms with Gasteiger partial charge in [-0.05, 0) is 50.1 Å². The minimum atomic E-state index is 0.0217. The minimum Gasteiger partial charge on any atom is -0.497 e. The Hall–Kier alpha value is -2.41. The molecule has 3 rings (SSSR count). The van der Waals surface area contributed by atoms with Crippen LogP contribution < -0.4 is 10.1 Å². The molecule has 1 atom stereocenters. The first kappa shape index (κ1) is 18.4. The monoisotopic (exact) mass is 358 g/mol. The number of ether oxygens (including phenoxy) is 1. The second kappa shape index (κ2) is 8.80. The van der Waals surface area contributed by atoms with Crippen molar-refractivity contribution in [3.8, 4) is 17.1 Å². The van der Waals surface area contributed by atoms with Gasteiger partial charge in [-0.15, -0.1) is 0 Å². The van der Waals surface area contributed by atoms with Crippen molar-refractivity contribution in [3.05, 3.63) is 30.2 Å². The van der Waals surface area contributed by atoms with E-state index in [0.29, 0.717) is 30.8 Å². The van der Waals surface area contributed by atoms with Crippen LogP contribution >= 0.6 is 0 Å². The normalized spacial score (nSPS) is 17.8. The van der Waals surface area contributed by atoms with E-state index in [9.17, 15) is 4.79 Å². The van der Waals surface area contributed by atoms with Gasteiger partial charge in [-0.3, -0.25) is 9.69 Å². The number of benzene rings is 1. The summed E-state index contributed by atoms with van der Waals surface area (Å²) in [6.45, 7) is 3.92. The Kier molecular flexibility index (Phi) is 6.22. The fourth-order valence-electron chi connectivity index (χ4n) is 3.36. The lowest BCUT2D eigenvalue weighted by molar-refractivity contribution is -0.119. The highest BCUT2D eigenvalue weighted by Gasteiger charge is 2.24. The summed E-state index contributed by atoms with van der Waals surface area (Å²) in [5.41, 5.74) is 0.904. The van der Waals surface area contributed by atoms with Crippen molar-refractivity contribution in [1.82, 2.24) is 20.4 Å². The average molecular weight is 358 g/mol. The van der Waals surface area contributed by atoms with Crippen LogP contribution in [0.15, 0.2) is 28.8 Å². The van der Waals surface area contributed by atoms with Gasteiger partial charge in [0.25, 0.3) is 0 Å². The zero-order valence-corrected chi connectivity index (χ0v) is 15.4. The van der Waals surface area contributed by atoms with Crippen LogP contribution in [0.3, 0.4) is 0 Å². The summed E-state index contributed by atoms with van der Waals surface area (Å²) in [6.07, 6.45) is 4.48. The third-order valence-electron chi connectivity index (χ3n) is 4.76. The predicted molar refractivity (Wildman–Crippen MR) is 97.6 cm³/mol. The maximum Gasteiger partial charge on any atom is 0.241 e.